The lowest BCUT2D eigenvalue weighted by molar-refractivity contribution is -0.123. The molecule has 28 heavy (non-hydrogen) atoms. The molecule has 0 aliphatic carbocycles. The summed E-state index contributed by atoms with van der Waals surface area (Å²) in [6, 6.07) is 14.7. The molecule has 0 fully saturated rings. The molecular weight excluding hydrogens is 376 g/mol. The van der Waals surface area contributed by atoms with E-state index in [2.05, 4.69) is 10.0 Å². The maximum absolute atomic E-state index is 12.0. The lowest BCUT2D eigenvalue weighted by Gasteiger charge is -2.11. The van der Waals surface area contributed by atoms with Gasteiger partial charge in [-0.1, -0.05) is 49.4 Å². The number of hydrogen-bond donors (Lipinski definition) is 2. The first kappa shape index (κ1) is 21.9. The van der Waals surface area contributed by atoms with E-state index in [1.54, 1.807) is 26.0 Å². The first-order chi connectivity index (χ1) is 13.3. The van der Waals surface area contributed by atoms with Crippen LogP contribution >= 0.6 is 0 Å². The zero-order valence-electron chi connectivity index (χ0n) is 16.6. The Labute approximate surface area is 167 Å². The van der Waals surface area contributed by atoms with Crippen molar-refractivity contribution in [1.29, 1.82) is 0 Å². The zero-order chi connectivity index (χ0) is 20.6. The van der Waals surface area contributed by atoms with Gasteiger partial charge in [0, 0.05) is 12.6 Å². The molecule has 152 valence electrons. The van der Waals surface area contributed by atoms with Gasteiger partial charge >= 0.3 is 0 Å². The van der Waals surface area contributed by atoms with Crippen molar-refractivity contribution in [2.24, 2.45) is 0 Å². The van der Waals surface area contributed by atoms with E-state index in [1.165, 1.54) is 0 Å². The molecule has 0 aromatic heterocycles. The largest absolute Gasteiger partial charge is 0.483 e. The Hall–Kier alpha value is -2.38. The van der Waals surface area contributed by atoms with Crippen LogP contribution in [0.5, 0.6) is 5.75 Å². The van der Waals surface area contributed by atoms with E-state index in [-0.39, 0.29) is 24.3 Å². The fraction of sp³-hybridized carbons (Fsp3) is 0.381. The van der Waals surface area contributed by atoms with Crippen molar-refractivity contribution >= 4 is 15.9 Å². The van der Waals surface area contributed by atoms with Crippen molar-refractivity contribution in [3.05, 3.63) is 65.2 Å². The Morgan fingerprint density at radius 3 is 2.32 bits per heavy atom. The van der Waals surface area contributed by atoms with Crippen LogP contribution in [0.3, 0.4) is 0 Å². The Morgan fingerprint density at radius 1 is 1.04 bits per heavy atom. The molecule has 0 saturated carbocycles. The number of carbonyl (C=O) groups excluding carboxylic acids is 1. The van der Waals surface area contributed by atoms with E-state index in [4.69, 9.17) is 4.74 Å². The number of benzene rings is 2. The predicted molar refractivity (Wildman–Crippen MR) is 110 cm³/mol. The summed E-state index contributed by atoms with van der Waals surface area (Å²) in [5, 5.41) is 2.81. The summed E-state index contributed by atoms with van der Waals surface area (Å²) < 4.78 is 32.1. The molecule has 0 bridgehead atoms. The Morgan fingerprint density at radius 2 is 1.68 bits per heavy atom. The molecule has 2 aromatic rings. The monoisotopic (exact) mass is 404 g/mol. The van der Waals surface area contributed by atoms with Gasteiger partial charge in [0.2, 0.25) is 10.0 Å². The van der Waals surface area contributed by atoms with Crippen molar-refractivity contribution in [2.45, 2.75) is 45.5 Å². The SMILES string of the molecule is CCc1ccccc1OCC(=O)NCc1ccc(CS(=O)(=O)NC(C)C)cc1. The smallest absolute Gasteiger partial charge is 0.258 e. The van der Waals surface area contributed by atoms with Crippen molar-refractivity contribution in [3.63, 3.8) is 0 Å². The quantitative estimate of drug-likeness (QED) is 0.638. The van der Waals surface area contributed by atoms with E-state index >= 15 is 0 Å². The summed E-state index contributed by atoms with van der Waals surface area (Å²) in [7, 11) is -3.35. The zero-order valence-corrected chi connectivity index (χ0v) is 17.4. The Kier molecular flexibility index (Phi) is 8.02. The number of amides is 1. The van der Waals surface area contributed by atoms with Gasteiger partial charge in [0.25, 0.3) is 5.91 Å². The molecule has 0 spiro atoms. The third kappa shape index (κ3) is 7.32. The molecule has 0 aliphatic heterocycles. The van der Waals surface area contributed by atoms with Crippen molar-refractivity contribution in [1.82, 2.24) is 10.0 Å². The second-order valence-electron chi connectivity index (χ2n) is 6.87. The molecule has 2 aromatic carbocycles. The Balaban J connectivity index is 1.82. The molecule has 0 aliphatic rings. The number of para-hydroxylation sites is 1. The maximum Gasteiger partial charge on any atom is 0.258 e. The normalized spacial score (nSPS) is 11.4. The number of hydrogen-bond acceptors (Lipinski definition) is 4. The fourth-order valence-electron chi connectivity index (χ4n) is 2.71. The summed E-state index contributed by atoms with van der Waals surface area (Å²) in [6.45, 7) is 5.92. The number of ether oxygens (including phenoxy) is 1. The van der Waals surface area contributed by atoms with Gasteiger partial charge in [0.1, 0.15) is 5.75 Å². The number of rotatable bonds is 10. The van der Waals surface area contributed by atoms with Gasteiger partial charge in [-0.15, -0.1) is 0 Å². The molecule has 2 N–H and O–H groups in total. The highest BCUT2D eigenvalue weighted by Gasteiger charge is 2.13. The average molecular weight is 405 g/mol. The summed E-state index contributed by atoms with van der Waals surface area (Å²) in [6.07, 6.45) is 0.840. The Bertz CT molecular complexity index is 878. The molecule has 0 heterocycles. The van der Waals surface area contributed by atoms with Gasteiger partial charge in [0.15, 0.2) is 6.61 Å². The maximum atomic E-state index is 12.0. The highest BCUT2D eigenvalue weighted by atomic mass is 32.2. The third-order valence-corrected chi connectivity index (χ3v) is 5.54. The fourth-order valence-corrected chi connectivity index (χ4v) is 4.14. The molecule has 0 atom stereocenters. The minimum atomic E-state index is -3.35. The van der Waals surface area contributed by atoms with Gasteiger partial charge in [-0.25, -0.2) is 13.1 Å². The molecule has 1 amide bonds. The standard InChI is InChI=1S/C21H28N2O4S/c1-4-19-7-5-6-8-20(19)27-14-21(24)22-13-17-9-11-18(12-10-17)15-28(25,26)23-16(2)3/h5-12,16,23H,4,13-15H2,1-3H3,(H,22,24). The number of carbonyl (C=O) groups is 1. The first-order valence-electron chi connectivity index (χ1n) is 9.34. The molecule has 0 radical (unpaired) electrons. The molecule has 6 nitrogen and oxygen atoms in total. The van der Waals surface area contributed by atoms with Crippen LogP contribution in [-0.4, -0.2) is 27.0 Å². The van der Waals surface area contributed by atoms with Crippen molar-refractivity contribution in [2.75, 3.05) is 6.61 Å². The number of nitrogens with one attached hydrogen (secondary N) is 2. The molecule has 7 heteroatoms. The minimum Gasteiger partial charge on any atom is -0.483 e. The highest BCUT2D eigenvalue weighted by Crippen LogP contribution is 2.18. The first-order valence-corrected chi connectivity index (χ1v) is 11.0. The van der Waals surface area contributed by atoms with E-state index in [9.17, 15) is 13.2 Å². The van der Waals surface area contributed by atoms with Crippen molar-refractivity contribution in [3.8, 4) is 5.75 Å². The van der Waals surface area contributed by atoms with Crippen LogP contribution in [0.15, 0.2) is 48.5 Å². The van der Waals surface area contributed by atoms with Crippen LogP contribution in [0.4, 0.5) is 0 Å². The van der Waals surface area contributed by atoms with Crippen LogP contribution in [0.2, 0.25) is 0 Å². The topological polar surface area (TPSA) is 84.5 Å². The van der Waals surface area contributed by atoms with Crippen LogP contribution in [0, 0.1) is 0 Å². The van der Waals surface area contributed by atoms with E-state index < -0.39 is 10.0 Å². The van der Waals surface area contributed by atoms with E-state index in [0.29, 0.717) is 12.1 Å². The lowest BCUT2D eigenvalue weighted by Crippen LogP contribution is -2.31. The average Bonchev–Trinajstić information content (AvgIpc) is 2.64. The second kappa shape index (κ2) is 10.2. The van der Waals surface area contributed by atoms with Gasteiger partial charge in [-0.05, 0) is 43.0 Å². The summed E-state index contributed by atoms with van der Waals surface area (Å²) >= 11 is 0. The number of aryl methyl sites for hydroxylation is 1. The lowest BCUT2D eigenvalue weighted by atomic mass is 10.1. The van der Waals surface area contributed by atoms with Crippen LogP contribution in [0.25, 0.3) is 0 Å². The van der Waals surface area contributed by atoms with Crippen molar-refractivity contribution < 1.29 is 17.9 Å². The highest BCUT2D eigenvalue weighted by molar-refractivity contribution is 7.88. The van der Waals surface area contributed by atoms with Crippen LogP contribution < -0.4 is 14.8 Å². The molecule has 2 rings (SSSR count). The van der Waals surface area contributed by atoms with Gasteiger partial charge in [0.05, 0.1) is 5.75 Å². The van der Waals surface area contributed by atoms with Crippen LogP contribution in [-0.2, 0) is 33.5 Å². The van der Waals surface area contributed by atoms with E-state index in [1.807, 2.05) is 43.3 Å². The molecular formula is C21H28N2O4S. The third-order valence-electron chi connectivity index (χ3n) is 4.00. The van der Waals surface area contributed by atoms with Gasteiger partial charge in [-0.2, -0.15) is 0 Å². The van der Waals surface area contributed by atoms with E-state index in [0.717, 1.165) is 23.3 Å². The second-order valence-corrected chi connectivity index (χ2v) is 8.63. The molecule has 0 saturated heterocycles. The summed E-state index contributed by atoms with van der Waals surface area (Å²) in [4.78, 5) is 12.0. The van der Waals surface area contributed by atoms with Gasteiger partial charge in [-0.3, -0.25) is 4.79 Å². The van der Waals surface area contributed by atoms with Crippen LogP contribution in [0.1, 0.15) is 37.5 Å². The van der Waals surface area contributed by atoms with Gasteiger partial charge < -0.3 is 10.1 Å². The predicted octanol–water partition coefficient (Wildman–Crippen LogP) is 2.77. The summed E-state index contributed by atoms with van der Waals surface area (Å²) in [5.41, 5.74) is 2.65. The summed E-state index contributed by atoms with van der Waals surface area (Å²) in [5.74, 6) is 0.446. The minimum absolute atomic E-state index is 0.0474. The number of sulfonamides is 1. The molecule has 0 unspecified atom stereocenters.